The molecule has 3 rings (SSSR count). The second kappa shape index (κ2) is 7.73. The molecule has 0 aliphatic carbocycles. The molecule has 3 heterocycles. The largest absolute Gasteiger partial charge is 0.445 e. The number of amides is 4. The van der Waals surface area contributed by atoms with Crippen LogP contribution in [0.5, 0.6) is 0 Å². The Labute approximate surface area is 157 Å². The number of likely N-dealkylation sites (tertiary alicyclic amines) is 1. The summed E-state index contributed by atoms with van der Waals surface area (Å²) in [6.45, 7) is 3.71. The Balaban J connectivity index is 1.89. The van der Waals surface area contributed by atoms with Crippen LogP contribution >= 0.6 is 11.8 Å². The molecule has 0 aromatic rings. The Bertz CT molecular complexity index is 735. The Hall–Kier alpha value is -1.96. The lowest BCUT2D eigenvalue weighted by atomic mass is 9.96. The van der Waals surface area contributed by atoms with Gasteiger partial charge in [-0.1, -0.05) is 13.3 Å². The van der Waals surface area contributed by atoms with Crippen LogP contribution in [-0.2, 0) is 9.59 Å². The quantitative estimate of drug-likeness (QED) is 0.684. The fourth-order valence-corrected chi connectivity index (χ4v) is 4.70. The highest BCUT2D eigenvalue weighted by Gasteiger charge is 2.48. The van der Waals surface area contributed by atoms with Crippen LogP contribution in [0.3, 0.4) is 0 Å². The fraction of sp³-hybridized carbons (Fsp3) is 0.611. The fourth-order valence-electron chi connectivity index (χ4n) is 3.53. The third kappa shape index (κ3) is 3.34. The maximum Gasteiger partial charge on any atom is 0.445 e. The lowest BCUT2D eigenvalue weighted by Crippen LogP contribution is -2.52. The molecule has 1 saturated heterocycles. The number of dihydropyridines is 1. The van der Waals surface area contributed by atoms with Gasteiger partial charge in [0.25, 0.3) is 5.84 Å². The lowest BCUT2D eigenvalue weighted by Gasteiger charge is -2.28. The molecule has 3 aliphatic heterocycles. The first kappa shape index (κ1) is 18.8. The molecule has 26 heavy (non-hydrogen) atoms. The van der Waals surface area contributed by atoms with Crippen molar-refractivity contribution in [3.8, 4) is 0 Å². The van der Waals surface area contributed by atoms with E-state index < -0.39 is 5.92 Å². The molecule has 0 radical (unpaired) electrons. The highest BCUT2D eigenvalue weighted by atomic mass is 32.2. The number of hydrogen-bond donors (Lipinski definition) is 0. The van der Waals surface area contributed by atoms with E-state index >= 15 is 0 Å². The standard InChI is InChI=1S/C18H25N4O3S/c1-4-7-12-10-19-16-14(17(24)21(3)18(25)20(16)2)15(12)26-11-13(23)22-8-5-6-9-22/h10,14H,4-9,11H2,1-3H3/q+1. The van der Waals surface area contributed by atoms with Crippen LogP contribution in [0.15, 0.2) is 15.5 Å². The van der Waals surface area contributed by atoms with E-state index in [4.69, 9.17) is 0 Å². The summed E-state index contributed by atoms with van der Waals surface area (Å²) in [6, 6.07) is -0.380. The molecule has 0 aromatic heterocycles. The number of hydrogen-bond acceptors (Lipinski definition) is 5. The van der Waals surface area contributed by atoms with Crippen molar-refractivity contribution in [3.05, 3.63) is 10.5 Å². The van der Waals surface area contributed by atoms with E-state index in [9.17, 15) is 14.4 Å². The van der Waals surface area contributed by atoms with Crippen LogP contribution in [0.2, 0.25) is 0 Å². The zero-order valence-electron chi connectivity index (χ0n) is 15.5. The van der Waals surface area contributed by atoms with Gasteiger partial charge in [0.05, 0.1) is 19.8 Å². The van der Waals surface area contributed by atoms with Crippen LogP contribution in [0.4, 0.5) is 4.79 Å². The SMILES string of the molecule is CCCC1=C(SCC(=O)N2CCCC2)C2C(=O)N(C)C(=O)[N+](C)=C2N=C1. The molecule has 0 bridgehead atoms. The van der Waals surface area contributed by atoms with Gasteiger partial charge in [-0.2, -0.15) is 9.48 Å². The molecule has 0 aromatic carbocycles. The number of aliphatic imine (C=N–C) groups is 1. The van der Waals surface area contributed by atoms with Crippen molar-refractivity contribution >= 4 is 41.7 Å². The summed E-state index contributed by atoms with van der Waals surface area (Å²) < 4.78 is 1.42. The van der Waals surface area contributed by atoms with Gasteiger partial charge in [-0.15, -0.1) is 16.8 Å². The van der Waals surface area contributed by atoms with Gasteiger partial charge in [0.15, 0.2) is 5.92 Å². The van der Waals surface area contributed by atoms with Gasteiger partial charge in [-0.3, -0.25) is 9.59 Å². The number of thioether (sulfide) groups is 1. The Morgan fingerprint density at radius 1 is 1.35 bits per heavy atom. The molecule has 1 unspecified atom stereocenters. The van der Waals surface area contributed by atoms with E-state index in [1.54, 1.807) is 13.3 Å². The van der Waals surface area contributed by atoms with Crippen molar-refractivity contribution in [2.75, 3.05) is 32.9 Å². The first-order chi connectivity index (χ1) is 12.5. The number of carbonyl (C=O) groups is 3. The zero-order chi connectivity index (χ0) is 18.8. The van der Waals surface area contributed by atoms with Gasteiger partial charge >= 0.3 is 11.9 Å². The summed E-state index contributed by atoms with van der Waals surface area (Å²) in [6.07, 6.45) is 5.59. The van der Waals surface area contributed by atoms with Gasteiger partial charge in [0, 0.05) is 18.0 Å². The molecule has 1 fully saturated rings. The highest BCUT2D eigenvalue weighted by molar-refractivity contribution is 8.03. The van der Waals surface area contributed by atoms with Crippen LogP contribution in [0.25, 0.3) is 0 Å². The molecule has 8 heteroatoms. The number of rotatable bonds is 5. The number of allylic oxidation sites excluding steroid dienone is 1. The molecule has 4 amide bonds. The van der Waals surface area contributed by atoms with Crippen molar-refractivity contribution in [2.24, 2.45) is 10.9 Å². The monoisotopic (exact) mass is 377 g/mol. The molecule has 140 valence electrons. The maximum absolute atomic E-state index is 12.8. The van der Waals surface area contributed by atoms with Crippen LogP contribution in [0, 0.1) is 5.92 Å². The molecule has 7 nitrogen and oxygen atoms in total. The van der Waals surface area contributed by atoms with Crippen molar-refractivity contribution in [1.82, 2.24) is 9.80 Å². The van der Waals surface area contributed by atoms with E-state index in [-0.39, 0.29) is 17.8 Å². The van der Waals surface area contributed by atoms with Crippen molar-refractivity contribution in [3.63, 3.8) is 0 Å². The summed E-state index contributed by atoms with van der Waals surface area (Å²) in [5, 5.41) is 0. The average molecular weight is 377 g/mol. The number of nitrogens with zero attached hydrogens (tertiary/aromatic N) is 4. The normalized spacial score (nSPS) is 23.3. The summed E-state index contributed by atoms with van der Waals surface area (Å²) in [5.41, 5.74) is 0.991. The van der Waals surface area contributed by atoms with E-state index in [1.165, 1.54) is 23.4 Å². The minimum Gasteiger partial charge on any atom is -0.342 e. The lowest BCUT2D eigenvalue weighted by molar-refractivity contribution is -0.407. The maximum atomic E-state index is 12.8. The van der Waals surface area contributed by atoms with Crippen molar-refractivity contribution in [1.29, 1.82) is 0 Å². The Kier molecular flexibility index (Phi) is 5.60. The van der Waals surface area contributed by atoms with E-state index in [0.717, 1.165) is 54.2 Å². The van der Waals surface area contributed by atoms with Crippen molar-refractivity contribution in [2.45, 2.75) is 32.6 Å². The molecule has 1 atom stereocenters. The van der Waals surface area contributed by atoms with Gasteiger partial charge < -0.3 is 4.90 Å². The number of amidine groups is 1. The molecule has 0 saturated carbocycles. The minimum atomic E-state index is -0.592. The van der Waals surface area contributed by atoms with E-state index in [0.29, 0.717) is 11.6 Å². The zero-order valence-corrected chi connectivity index (χ0v) is 16.3. The third-order valence-electron chi connectivity index (χ3n) is 5.01. The van der Waals surface area contributed by atoms with Crippen molar-refractivity contribution < 1.29 is 19.0 Å². The summed E-state index contributed by atoms with van der Waals surface area (Å²) in [7, 11) is 3.13. The van der Waals surface area contributed by atoms with E-state index in [2.05, 4.69) is 11.9 Å². The predicted molar refractivity (Wildman–Crippen MR) is 102 cm³/mol. The van der Waals surface area contributed by atoms with E-state index in [1.807, 2.05) is 4.90 Å². The van der Waals surface area contributed by atoms with Gasteiger partial charge in [0.1, 0.15) is 6.21 Å². The number of urea groups is 1. The summed E-state index contributed by atoms with van der Waals surface area (Å²) in [4.78, 5) is 45.8. The Morgan fingerprint density at radius 2 is 2.04 bits per heavy atom. The van der Waals surface area contributed by atoms with Gasteiger partial charge in [-0.25, -0.2) is 4.79 Å². The third-order valence-corrected chi connectivity index (χ3v) is 6.21. The summed E-state index contributed by atoms with van der Waals surface area (Å²) >= 11 is 1.43. The van der Waals surface area contributed by atoms with Gasteiger partial charge in [-0.05, 0) is 24.8 Å². The van der Waals surface area contributed by atoms with Crippen LogP contribution in [-0.4, -0.2) is 77.2 Å². The number of carbonyl (C=O) groups excluding carboxylic acids is 3. The molecule has 0 spiro atoms. The number of fused-ring (bicyclic) bond motifs is 1. The average Bonchev–Trinajstić information content (AvgIpc) is 3.18. The van der Waals surface area contributed by atoms with Crippen LogP contribution < -0.4 is 0 Å². The molecule has 0 N–H and O–H groups in total. The second-order valence-corrected chi connectivity index (χ2v) is 7.82. The summed E-state index contributed by atoms with van der Waals surface area (Å²) in [5.74, 6) is 0.0137. The van der Waals surface area contributed by atoms with Gasteiger partial charge in [0.2, 0.25) is 5.91 Å². The second-order valence-electron chi connectivity index (χ2n) is 6.80. The topological polar surface area (TPSA) is 73.1 Å². The first-order valence-electron chi connectivity index (χ1n) is 9.05. The Morgan fingerprint density at radius 3 is 2.69 bits per heavy atom. The molecular formula is C18H25N4O3S+. The smallest absolute Gasteiger partial charge is 0.342 e. The van der Waals surface area contributed by atoms with Crippen LogP contribution in [0.1, 0.15) is 32.6 Å². The minimum absolute atomic E-state index is 0.112. The highest BCUT2D eigenvalue weighted by Crippen LogP contribution is 2.36. The first-order valence-corrected chi connectivity index (χ1v) is 10.0. The molecule has 3 aliphatic rings. The predicted octanol–water partition coefficient (Wildman–Crippen LogP) is 1.73. The molecular weight excluding hydrogens is 352 g/mol. The number of imide groups is 1.